The van der Waals surface area contributed by atoms with E-state index in [-0.39, 0.29) is 30.0 Å². The third-order valence-electron chi connectivity index (χ3n) is 5.15. The number of aryl methyl sites for hydroxylation is 1. The van der Waals surface area contributed by atoms with Crippen molar-refractivity contribution in [1.29, 1.82) is 0 Å². The molecule has 1 unspecified atom stereocenters. The third kappa shape index (κ3) is 7.64. The Kier molecular flexibility index (Phi) is 9.54. The molecule has 1 aromatic heterocycles. The van der Waals surface area contributed by atoms with Crippen LogP contribution in [-0.4, -0.2) is 41.5 Å². The summed E-state index contributed by atoms with van der Waals surface area (Å²) in [6.07, 6.45) is -1.57. The van der Waals surface area contributed by atoms with Gasteiger partial charge in [-0.15, -0.1) is 24.0 Å². The van der Waals surface area contributed by atoms with Crippen LogP contribution in [0.1, 0.15) is 35.7 Å². The molecule has 5 nitrogen and oxygen atoms in total. The van der Waals surface area contributed by atoms with E-state index in [2.05, 4.69) is 25.5 Å². The van der Waals surface area contributed by atoms with Gasteiger partial charge < -0.3 is 10.6 Å². The molecule has 9 heteroatoms. The molecule has 0 amide bonds. The molecule has 2 aromatic rings. The van der Waals surface area contributed by atoms with Crippen molar-refractivity contribution < 1.29 is 13.2 Å². The molecule has 0 bridgehead atoms. The Balaban J connectivity index is 0.00000341. The van der Waals surface area contributed by atoms with E-state index >= 15 is 0 Å². The molecule has 1 aliphatic heterocycles. The van der Waals surface area contributed by atoms with Crippen LogP contribution in [0, 0.1) is 6.92 Å². The van der Waals surface area contributed by atoms with Crippen molar-refractivity contribution >= 4 is 29.9 Å². The topological polar surface area (TPSA) is 52.6 Å². The lowest BCUT2D eigenvalue weighted by molar-refractivity contribution is -0.137. The van der Waals surface area contributed by atoms with Gasteiger partial charge in [0, 0.05) is 38.4 Å². The fourth-order valence-electron chi connectivity index (χ4n) is 3.50. The summed E-state index contributed by atoms with van der Waals surface area (Å²) < 4.78 is 38.1. The highest BCUT2D eigenvalue weighted by molar-refractivity contribution is 14.0. The number of rotatable bonds is 6. The summed E-state index contributed by atoms with van der Waals surface area (Å²) in [6.45, 7) is 7.64. The minimum Gasteiger partial charge on any atom is -0.357 e. The highest BCUT2D eigenvalue weighted by atomic mass is 127. The number of aliphatic imine (C=N–C) groups is 1. The van der Waals surface area contributed by atoms with Gasteiger partial charge in [0.1, 0.15) is 0 Å². The van der Waals surface area contributed by atoms with Gasteiger partial charge in [0.05, 0.1) is 17.8 Å². The molecular weight excluding hydrogens is 518 g/mol. The van der Waals surface area contributed by atoms with Gasteiger partial charge in [0.2, 0.25) is 0 Å². The predicted octanol–water partition coefficient (Wildman–Crippen LogP) is 4.36. The van der Waals surface area contributed by atoms with E-state index in [0.717, 1.165) is 61.0 Å². The van der Waals surface area contributed by atoms with Gasteiger partial charge in [-0.3, -0.25) is 9.88 Å². The molecule has 0 saturated carbocycles. The second-order valence-corrected chi connectivity index (χ2v) is 7.52. The average molecular weight is 547 g/mol. The fraction of sp³-hybridized carbons (Fsp3) is 0.455. The van der Waals surface area contributed by atoms with Crippen LogP contribution in [-0.2, 0) is 19.3 Å². The Morgan fingerprint density at radius 1 is 1.23 bits per heavy atom. The first-order valence-electron chi connectivity index (χ1n) is 10.2. The molecule has 31 heavy (non-hydrogen) atoms. The van der Waals surface area contributed by atoms with Crippen LogP contribution in [0.15, 0.2) is 47.6 Å². The fourth-order valence-corrected chi connectivity index (χ4v) is 3.50. The Morgan fingerprint density at radius 2 is 1.97 bits per heavy atom. The Bertz CT molecular complexity index is 855. The monoisotopic (exact) mass is 547 g/mol. The number of nitrogens with zero attached hydrogens (tertiary/aromatic N) is 3. The van der Waals surface area contributed by atoms with Gasteiger partial charge in [-0.2, -0.15) is 13.2 Å². The van der Waals surface area contributed by atoms with Crippen LogP contribution in [0.25, 0.3) is 0 Å². The number of hydrogen-bond donors (Lipinski definition) is 2. The second kappa shape index (κ2) is 11.7. The quantitative estimate of drug-likeness (QED) is 0.321. The zero-order chi connectivity index (χ0) is 21.6. The number of nitrogens with one attached hydrogen (secondary N) is 2. The number of benzene rings is 1. The molecule has 0 aliphatic carbocycles. The molecule has 2 heterocycles. The molecule has 170 valence electrons. The van der Waals surface area contributed by atoms with E-state index in [9.17, 15) is 13.2 Å². The van der Waals surface area contributed by atoms with Crippen molar-refractivity contribution in [2.24, 2.45) is 4.99 Å². The lowest BCUT2D eigenvalue weighted by Crippen LogP contribution is -2.44. The number of hydrogen-bond acceptors (Lipinski definition) is 3. The zero-order valence-corrected chi connectivity index (χ0v) is 20.1. The molecule has 1 saturated heterocycles. The van der Waals surface area contributed by atoms with Gasteiger partial charge in [-0.25, -0.2) is 4.99 Å². The van der Waals surface area contributed by atoms with Gasteiger partial charge in [0.15, 0.2) is 5.96 Å². The molecule has 1 aromatic carbocycles. The van der Waals surface area contributed by atoms with Crippen LogP contribution < -0.4 is 10.6 Å². The molecule has 1 aliphatic rings. The number of pyridine rings is 1. The van der Waals surface area contributed by atoms with E-state index in [1.54, 1.807) is 18.3 Å². The Morgan fingerprint density at radius 3 is 2.61 bits per heavy atom. The SMILES string of the molecule is CCNC(=NCc1ncccc1C)NC1CCN(Cc2ccc(C(F)(F)F)cc2)C1.I. The maximum atomic E-state index is 12.7. The first-order chi connectivity index (χ1) is 14.3. The van der Waals surface area contributed by atoms with Crippen molar-refractivity contribution in [3.63, 3.8) is 0 Å². The van der Waals surface area contributed by atoms with Crippen LogP contribution in [0.4, 0.5) is 13.2 Å². The summed E-state index contributed by atoms with van der Waals surface area (Å²) >= 11 is 0. The standard InChI is InChI=1S/C22H28F3N5.HI/c1-3-26-21(28-13-20-16(2)5-4-11-27-20)29-19-10-12-30(15-19)14-17-6-8-18(9-7-17)22(23,24)25;/h4-9,11,19H,3,10,12-15H2,1-2H3,(H2,26,28,29);1H. The van der Waals surface area contributed by atoms with Crippen molar-refractivity contribution in [3.05, 3.63) is 65.0 Å². The van der Waals surface area contributed by atoms with Gasteiger partial charge in [-0.1, -0.05) is 18.2 Å². The second-order valence-electron chi connectivity index (χ2n) is 7.52. The molecule has 1 fully saturated rings. The third-order valence-corrected chi connectivity index (χ3v) is 5.15. The van der Waals surface area contributed by atoms with Crippen LogP contribution in [0.2, 0.25) is 0 Å². The van der Waals surface area contributed by atoms with E-state index < -0.39 is 11.7 Å². The molecule has 0 radical (unpaired) electrons. The van der Waals surface area contributed by atoms with Gasteiger partial charge >= 0.3 is 6.18 Å². The van der Waals surface area contributed by atoms with E-state index in [0.29, 0.717) is 13.1 Å². The zero-order valence-electron chi connectivity index (χ0n) is 17.7. The summed E-state index contributed by atoms with van der Waals surface area (Å²) in [5.74, 6) is 0.754. The smallest absolute Gasteiger partial charge is 0.357 e. The lowest BCUT2D eigenvalue weighted by Gasteiger charge is -2.19. The normalized spacial score (nSPS) is 17.3. The maximum Gasteiger partial charge on any atom is 0.416 e. The number of guanidine groups is 1. The van der Waals surface area contributed by atoms with E-state index in [4.69, 9.17) is 0 Å². The van der Waals surface area contributed by atoms with Gasteiger partial charge in [-0.05, 0) is 49.6 Å². The largest absolute Gasteiger partial charge is 0.416 e. The minimum atomic E-state index is -4.29. The van der Waals surface area contributed by atoms with Crippen LogP contribution in [0.5, 0.6) is 0 Å². The van der Waals surface area contributed by atoms with Crippen molar-refractivity contribution in [1.82, 2.24) is 20.5 Å². The number of likely N-dealkylation sites (tertiary alicyclic amines) is 1. The van der Waals surface area contributed by atoms with Crippen molar-refractivity contribution in [2.45, 2.75) is 45.6 Å². The summed E-state index contributed by atoms with van der Waals surface area (Å²) in [7, 11) is 0. The Hall–Kier alpha value is -1.88. The minimum absolute atomic E-state index is 0. The number of halogens is 4. The molecule has 2 N–H and O–H groups in total. The van der Waals surface area contributed by atoms with Crippen molar-refractivity contribution in [3.8, 4) is 0 Å². The molecule has 0 spiro atoms. The summed E-state index contributed by atoms with van der Waals surface area (Å²) in [4.78, 5) is 11.3. The average Bonchev–Trinajstić information content (AvgIpc) is 3.14. The lowest BCUT2D eigenvalue weighted by atomic mass is 10.1. The maximum absolute atomic E-state index is 12.7. The highest BCUT2D eigenvalue weighted by Crippen LogP contribution is 2.29. The summed E-state index contributed by atoms with van der Waals surface area (Å²) in [5.41, 5.74) is 2.34. The predicted molar refractivity (Wildman–Crippen MR) is 127 cm³/mol. The first-order valence-corrected chi connectivity index (χ1v) is 10.2. The van der Waals surface area contributed by atoms with Crippen LogP contribution >= 0.6 is 24.0 Å². The van der Waals surface area contributed by atoms with Crippen LogP contribution in [0.3, 0.4) is 0 Å². The highest BCUT2D eigenvalue weighted by Gasteiger charge is 2.30. The van der Waals surface area contributed by atoms with Crippen molar-refractivity contribution in [2.75, 3.05) is 19.6 Å². The van der Waals surface area contributed by atoms with E-state index in [1.807, 2.05) is 26.0 Å². The first kappa shape index (κ1) is 25.4. The number of aromatic nitrogens is 1. The number of alkyl halides is 3. The Labute approximate surface area is 198 Å². The summed E-state index contributed by atoms with van der Waals surface area (Å²) in [5, 5.41) is 6.74. The van der Waals surface area contributed by atoms with E-state index in [1.165, 1.54) is 0 Å². The molecule has 1 atom stereocenters. The summed E-state index contributed by atoms with van der Waals surface area (Å²) in [6, 6.07) is 9.59. The molecular formula is C22H29F3IN5. The molecule has 3 rings (SSSR count). The van der Waals surface area contributed by atoms with Gasteiger partial charge in [0.25, 0.3) is 0 Å².